The largest absolute Gasteiger partial charge is 0.253 e. The van der Waals surface area contributed by atoms with Crippen LogP contribution in [0.2, 0.25) is 0 Å². The first-order valence-electron chi connectivity index (χ1n) is 5.45. The number of rotatable bonds is 5. The molecule has 0 radical (unpaired) electrons. The third-order valence-electron chi connectivity index (χ3n) is 2.63. The average Bonchev–Trinajstić information content (AvgIpc) is 2.84. The maximum Gasteiger partial charge on any atom is 0.123 e. The highest BCUT2D eigenvalue weighted by Gasteiger charge is 2.10. The lowest BCUT2D eigenvalue weighted by molar-refractivity contribution is 0.585. The molecule has 0 bridgehead atoms. The molecule has 0 aliphatic rings. The molecule has 1 unspecified atom stereocenters. The van der Waals surface area contributed by atoms with Gasteiger partial charge in [-0.05, 0) is 36.5 Å². The highest BCUT2D eigenvalue weighted by molar-refractivity contribution is 7.09. The van der Waals surface area contributed by atoms with Crippen molar-refractivity contribution in [3.8, 4) is 0 Å². The van der Waals surface area contributed by atoms with Crippen molar-refractivity contribution in [1.29, 1.82) is 0 Å². The van der Waals surface area contributed by atoms with Gasteiger partial charge in [0.25, 0.3) is 0 Å². The predicted octanol–water partition coefficient (Wildman–Crippen LogP) is 3.92. The van der Waals surface area contributed by atoms with Gasteiger partial charge in [-0.2, -0.15) is 0 Å². The van der Waals surface area contributed by atoms with Gasteiger partial charge in [-0.1, -0.05) is 12.1 Å². The van der Waals surface area contributed by atoms with Crippen LogP contribution in [-0.4, -0.2) is 10.9 Å². The van der Waals surface area contributed by atoms with E-state index in [2.05, 4.69) is 4.98 Å². The molecule has 0 N–H and O–H groups in total. The molecule has 1 aromatic carbocycles. The molecule has 0 saturated heterocycles. The first-order chi connectivity index (χ1) is 8.28. The van der Waals surface area contributed by atoms with Gasteiger partial charge < -0.3 is 0 Å². The van der Waals surface area contributed by atoms with Gasteiger partial charge in [0.05, 0.1) is 5.51 Å². The fourth-order valence-corrected chi connectivity index (χ4v) is 2.69. The summed E-state index contributed by atoms with van der Waals surface area (Å²) < 4.78 is 12.8. The van der Waals surface area contributed by atoms with Crippen LogP contribution in [0, 0.1) is 11.7 Å². The van der Waals surface area contributed by atoms with Crippen molar-refractivity contribution in [2.75, 3.05) is 5.88 Å². The van der Waals surface area contributed by atoms with E-state index in [0.717, 1.165) is 18.4 Å². The van der Waals surface area contributed by atoms with Crippen LogP contribution in [0.1, 0.15) is 10.4 Å². The van der Waals surface area contributed by atoms with Crippen LogP contribution in [0.5, 0.6) is 0 Å². The number of hydrogen-bond acceptors (Lipinski definition) is 2. The maximum atomic E-state index is 12.8. The van der Waals surface area contributed by atoms with Crippen LogP contribution in [0.25, 0.3) is 0 Å². The van der Waals surface area contributed by atoms with E-state index in [4.69, 9.17) is 11.6 Å². The topological polar surface area (TPSA) is 12.9 Å². The Bertz CT molecular complexity index is 441. The zero-order valence-electron chi connectivity index (χ0n) is 9.27. The summed E-state index contributed by atoms with van der Waals surface area (Å²) in [5.74, 6) is 0.788. The molecule has 2 aromatic rings. The van der Waals surface area contributed by atoms with Gasteiger partial charge in [0, 0.05) is 17.0 Å². The summed E-state index contributed by atoms with van der Waals surface area (Å²) in [5.41, 5.74) is 2.96. The quantitative estimate of drug-likeness (QED) is 0.750. The Labute approximate surface area is 109 Å². The van der Waals surface area contributed by atoms with Crippen LogP contribution in [0.3, 0.4) is 0 Å². The van der Waals surface area contributed by atoms with Gasteiger partial charge in [0.15, 0.2) is 0 Å². The SMILES string of the molecule is Fc1ccc(CC(CCl)Cc2cncs2)cc1. The molecule has 0 aliphatic heterocycles. The van der Waals surface area contributed by atoms with E-state index in [1.165, 1.54) is 17.0 Å². The lowest BCUT2D eigenvalue weighted by Crippen LogP contribution is -2.09. The second-order valence-electron chi connectivity index (χ2n) is 4.02. The minimum Gasteiger partial charge on any atom is -0.253 e. The second-order valence-corrected chi connectivity index (χ2v) is 5.30. The summed E-state index contributed by atoms with van der Waals surface area (Å²) in [5, 5.41) is 0. The maximum absolute atomic E-state index is 12.8. The molecular formula is C13H13ClFNS. The standard InChI is InChI=1S/C13H13ClFNS/c14-7-11(6-13-8-16-9-17-13)5-10-1-3-12(15)4-2-10/h1-4,8-9,11H,5-7H2. The number of thiazole rings is 1. The van der Waals surface area contributed by atoms with E-state index < -0.39 is 0 Å². The van der Waals surface area contributed by atoms with Gasteiger partial charge in [-0.15, -0.1) is 22.9 Å². The van der Waals surface area contributed by atoms with Crippen molar-refractivity contribution in [3.63, 3.8) is 0 Å². The van der Waals surface area contributed by atoms with E-state index in [-0.39, 0.29) is 5.82 Å². The monoisotopic (exact) mass is 269 g/mol. The summed E-state index contributed by atoms with van der Waals surface area (Å²) in [7, 11) is 0. The molecule has 90 valence electrons. The van der Waals surface area contributed by atoms with Crippen molar-refractivity contribution in [3.05, 3.63) is 52.2 Å². The third kappa shape index (κ3) is 3.79. The van der Waals surface area contributed by atoms with Crippen molar-refractivity contribution < 1.29 is 4.39 Å². The molecule has 0 aliphatic carbocycles. The molecule has 1 aromatic heterocycles. The molecule has 1 heterocycles. The summed E-state index contributed by atoms with van der Waals surface area (Å²) in [4.78, 5) is 5.30. The van der Waals surface area contributed by atoms with Crippen molar-refractivity contribution in [2.24, 2.45) is 5.92 Å². The molecule has 1 nitrogen and oxygen atoms in total. The first-order valence-corrected chi connectivity index (χ1v) is 6.87. The lowest BCUT2D eigenvalue weighted by atomic mass is 9.97. The number of hydrogen-bond donors (Lipinski definition) is 0. The van der Waals surface area contributed by atoms with Crippen molar-refractivity contribution in [1.82, 2.24) is 4.98 Å². The molecule has 1 atom stereocenters. The van der Waals surface area contributed by atoms with Gasteiger partial charge in [0.2, 0.25) is 0 Å². The molecule has 2 rings (SSSR count). The number of aromatic nitrogens is 1. The molecule has 0 amide bonds. The fourth-order valence-electron chi connectivity index (χ4n) is 1.76. The Morgan fingerprint density at radius 1 is 1.24 bits per heavy atom. The average molecular weight is 270 g/mol. The van der Waals surface area contributed by atoms with Gasteiger partial charge >= 0.3 is 0 Å². The number of alkyl halides is 1. The Kier molecular flexibility index (Phi) is 4.51. The Morgan fingerprint density at radius 2 is 2.00 bits per heavy atom. The third-order valence-corrected chi connectivity index (χ3v) is 3.87. The molecule has 17 heavy (non-hydrogen) atoms. The summed E-state index contributed by atoms with van der Waals surface area (Å²) in [6.45, 7) is 0. The van der Waals surface area contributed by atoms with Crippen LogP contribution in [0.15, 0.2) is 36.0 Å². The Balaban J connectivity index is 1.97. The second kappa shape index (κ2) is 6.12. The van der Waals surface area contributed by atoms with Crippen molar-refractivity contribution >= 4 is 22.9 Å². The molecule has 4 heteroatoms. The normalized spacial score (nSPS) is 12.6. The minimum atomic E-state index is -0.196. The van der Waals surface area contributed by atoms with E-state index in [0.29, 0.717) is 11.8 Å². The zero-order valence-corrected chi connectivity index (χ0v) is 10.8. The highest BCUT2D eigenvalue weighted by atomic mass is 35.5. The van der Waals surface area contributed by atoms with E-state index >= 15 is 0 Å². The Hall–Kier alpha value is -0.930. The van der Waals surface area contributed by atoms with Gasteiger partial charge in [0.1, 0.15) is 5.82 Å². The van der Waals surface area contributed by atoms with E-state index in [9.17, 15) is 4.39 Å². The van der Waals surface area contributed by atoms with E-state index in [1.54, 1.807) is 11.3 Å². The van der Waals surface area contributed by atoms with E-state index in [1.807, 2.05) is 23.8 Å². The zero-order chi connectivity index (χ0) is 12.1. The summed E-state index contributed by atoms with van der Waals surface area (Å²) in [6, 6.07) is 6.63. The summed E-state index contributed by atoms with van der Waals surface area (Å²) >= 11 is 7.63. The number of benzene rings is 1. The fraction of sp³-hybridized carbons (Fsp3) is 0.308. The van der Waals surface area contributed by atoms with Crippen molar-refractivity contribution in [2.45, 2.75) is 12.8 Å². The molecular weight excluding hydrogens is 257 g/mol. The first kappa shape index (κ1) is 12.5. The van der Waals surface area contributed by atoms with Crippen LogP contribution < -0.4 is 0 Å². The van der Waals surface area contributed by atoms with Gasteiger partial charge in [-0.3, -0.25) is 4.98 Å². The predicted molar refractivity (Wildman–Crippen MR) is 70.1 cm³/mol. The molecule has 0 spiro atoms. The van der Waals surface area contributed by atoms with Gasteiger partial charge in [-0.25, -0.2) is 4.39 Å². The lowest BCUT2D eigenvalue weighted by Gasteiger charge is -2.12. The summed E-state index contributed by atoms with van der Waals surface area (Å²) in [6.07, 6.45) is 3.70. The molecule has 0 fully saturated rings. The number of halogens is 2. The van der Waals surface area contributed by atoms with Crippen LogP contribution >= 0.6 is 22.9 Å². The number of nitrogens with zero attached hydrogens (tertiary/aromatic N) is 1. The smallest absolute Gasteiger partial charge is 0.123 e. The highest BCUT2D eigenvalue weighted by Crippen LogP contribution is 2.18. The molecule has 0 saturated carbocycles. The Morgan fingerprint density at radius 3 is 2.59 bits per heavy atom. The van der Waals surface area contributed by atoms with Crippen LogP contribution in [-0.2, 0) is 12.8 Å². The minimum absolute atomic E-state index is 0.196. The van der Waals surface area contributed by atoms with Crippen LogP contribution in [0.4, 0.5) is 4.39 Å².